The Kier molecular flexibility index (Phi) is 3.92. The van der Waals surface area contributed by atoms with Crippen molar-refractivity contribution in [1.82, 2.24) is 4.98 Å². The molecule has 0 fully saturated rings. The minimum absolute atomic E-state index is 0.985. The summed E-state index contributed by atoms with van der Waals surface area (Å²) < 4.78 is 0. The predicted molar refractivity (Wildman–Crippen MR) is 62.4 cm³/mol. The number of pyridine rings is 1. The predicted octanol–water partition coefficient (Wildman–Crippen LogP) is 2.74. The van der Waals surface area contributed by atoms with Gasteiger partial charge in [-0.25, -0.2) is 0 Å². The van der Waals surface area contributed by atoms with Gasteiger partial charge in [-0.3, -0.25) is 4.98 Å². The lowest BCUT2D eigenvalue weighted by Crippen LogP contribution is -2.16. The van der Waals surface area contributed by atoms with Crippen molar-refractivity contribution in [2.45, 2.75) is 6.92 Å². The maximum Gasteiger partial charge on any atom is 0.0468 e. The summed E-state index contributed by atoms with van der Waals surface area (Å²) in [5.41, 5.74) is 2.32. The zero-order chi connectivity index (χ0) is 10.4. The Balaban J connectivity index is 3.02. The highest BCUT2D eigenvalue weighted by molar-refractivity contribution is 5.66. The van der Waals surface area contributed by atoms with Crippen molar-refractivity contribution in [3.8, 4) is 0 Å². The normalized spacial score (nSPS) is 10.4. The van der Waals surface area contributed by atoms with Crippen molar-refractivity contribution in [1.29, 1.82) is 0 Å². The van der Waals surface area contributed by atoms with Crippen LogP contribution in [0.4, 0.5) is 5.69 Å². The molecule has 0 aliphatic rings. The number of hydrogen-bond donors (Lipinski definition) is 0. The molecule has 2 nitrogen and oxygen atoms in total. The van der Waals surface area contributed by atoms with E-state index < -0.39 is 0 Å². The molecule has 2 heteroatoms. The summed E-state index contributed by atoms with van der Waals surface area (Å²) in [6, 6.07) is 2.02. The Morgan fingerprint density at radius 1 is 1.57 bits per heavy atom. The topological polar surface area (TPSA) is 16.1 Å². The monoisotopic (exact) mass is 188 g/mol. The van der Waals surface area contributed by atoms with E-state index in [-0.39, 0.29) is 0 Å². The van der Waals surface area contributed by atoms with Crippen LogP contribution in [0.15, 0.2) is 37.2 Å². The van der Waals surface area contributed by atoms with Crippen molar-refractivity contribution in [3.63, 3.8) is 0 Å². The van der Waals surface area contributed by atoms with Gasteiger partial charge >= 0.3 is 0 Å². The molecule has 0 saturated carbocycles. The van der Waals surface area contributed by atoms with Crippen molar-refractivity contribution < 1.29 is 0 Å². The van der Waals surface area contributed by atoms with Crippen LogP contribution >= 0.6 is 0 Å². The fourth-order valence-corrected chi connectivity index (χ4v) is 1.22. The Morgan fingerprint density at radius 2 is 2.36 bits per heavy atom. The molecule has 0 bridgehead atoms. The first-order chi connectivity index (χ1) is 6.79. The lowest BCUT2D eigenvalue weighted by molar-refractivity contribution is 0.963. The molecule has 0 atom stereocenters. The highest BCUT2D eigenvalue weighted by Gasteiger charge is 2.01. The van der Waals surface area contributed by atoms with E-state index in [1.165, 1.54) is 5.69 Å². The molecule has 1 rings (SSSR count). The molecule has 0 radical (unpaired) electrons. The van der Waals surface area contributed by atoms with Crippen molar-refractivity contribution in [2.24, 2.45) is 0 Å². The summed E-state index contributed by atoms with van der Waals surface area (Å²) in [6.45, 7) is 6.76. The van der Waals surface area contributed by atoms with Gasteiger partial charge in [0.1, 0.15) is 0 Å². The number of hydrogen-bond acceptors (Lipinski definition) is 2. The van der Waals surface area contributed by atoms with Gasteiger partial charge < -0.3 is 4.90 Å². The molecule has 0 unspecified atom stereocenters. The van der Waals surface area contributed by atoms with Crippen molar-refractivity contribution in [2.75, 3.05) is 18.5 Å². The minimum Gasteiger partial charge on any atom is -0.374 e. The van der Waals surface area contributed by atoms with Gasteiger partial charge in [-0.1, -0.05) is 24.8 Å². The first-order valence-electron chi connectivity index (χ1n) is 4.73. The van der Waals surface area contributed by atoms with E-state index in [0.29, 0.717) is 0 Å². The second-order valence-corrected chi connectivity index (χ2v) is 3.04. The van der Waals surface area contributed by atoms with E-state index in [1.54, 1.807) is 6.08 Å². The quantitative estimate of drug-likeness (QED) is 0.675. The van der Waals surface area contributed by atoms with Gasteiger partial charge in [0.25, 0.3) is 0 Å². The van der Waals surface area contributed by atoms with Gasteiger partial charge in [0.05, 0.1) is 0 Å². The minimum atomic E-state index is 0.985. The van der Waals surface area contributed by atoms with E-state index in [9.17, 15) is 0 Å². The van der Waals surface area contributed by atoms with Crippen molar-refractivity contribution >= 4 is 11.8 Å². The molecule has 0 spiro atoms. The van der Waals surface area contributed by atoms with Crippen LogP contribution < -0.4 is 4.90 Å². The number of nitrogens with zero attached hydrogens (tertiary/aromatic N) is 2. The van der Waals surface area contributed by atoms with Crippen LogP contribution in [0.1, 0.15) is 12.5 Å². The molecule has 0 saturated heterocycles. The second-order valence-electron chi connectivity index (χ2n) is 3.04. The molecule has 0 amide bonds. The van der Waals surface area contributed by atoms with Crippen LogP contribution in [0.2, 0.25) is 0 Å². The van der Waals surface area contributed by atoms with E-state index in [1.807, 2.05) is 30.6 Å². The van der Waals surface area contributed by atoms with Crippen LogP contribution in [-0.2, 0) is 0 Å². The molecule has 0 N–H and O–H groups in total. The van der Waals surface area contributed by atoms with Gasteiger partial charge in [0.2, 0.25) is 0 Å². The number of aromatic nitrogens is 1. The molecule has 1 aromatic heterocycles. The summed E-state index contributed by atoms with van der Waals surface area (Å²) in [4.78, 5) is 6.29. The Hall–Kier alpha value is -1.57. The molecule has 0 aromatic carbocycles. The molecule has 0 aliphatic carbocycles. The maximum absolute atomic E-state index is 4.10. The second kappa shape index (κ2) is 5.22. The highest BCUT2D eigenvalue weighted by Crippen LogP contribution is 2.18. The number of rotatable bonds is 4. The Bertz CT molecular complexity index is 329. The van der Waals surface area contributed by atoms with Gasteiger partial charge in [0.15, 0.2) is 0 Å². The third-order valence-corrected chi connectivity index (χ3v) is 2.13. The first-order valence-corrected chi connectivity index (χ1v) is 4.73. The van der Waals surface area contributed by atoms with E-state index in [4.69, 9.17) is 0 Å². The van der Waals surface area contributed by atoms with E-state index >= 15 is 0 Å². The molecule has 14 heavy (non-hydrogen) atoms. The summed E-state index contributed by atoms with van der Waals surface area (Å²) in [5, 5.41) is 0. The average Bonchev–Trinajstić information content (AvgIpc) is 2.25. The molecule has 74 valence electrons. The van der Waals surface area contributed by atoms with E-state index in [2.05, 4.69) is 30.4 Å². The standard InChI is InChI=1S/C12H16N2/c1-4-6-7-11-10-13-9-8-12(11)14(3)5-2/h4,6-10H,1,5H2,2-3H3/b7-6+. The smallest absolute Gasteiger partial charge is 0.0468 e. The van der Waals surface area contributed by atoms with Crippen LogP contribution in [0.3, 0.4) is 0 Å². The zero-order valence-electron chi connectivity index (χ0n) is 8.77. The number of anilines is 1. The Labute approximate surface area is 85.6 Å². The Morgan fingerprint density at radius 3 is 3.00 bits per heavy atom. The molecule has 0 aliphatic heterocycles. The first kappa shape index (κ1) is 10.5. The van der Waals surface area contributed by atoms with Crippen LogP contribution in [0.25, 0.3) is 6.08 Å². The SMILES string of the molecule is C=C/C=C/c1cnccc1N(C)CC. The van der Waals surface area contributed by atoms with Crippen molar-refractivity contribution in [3.05, 3.63) is 42.8 Å². The van der Waals surface area contributed by atoms with Crippen LogP contribution in [0.5, 0.6) is 0 Å². The fraction of sp³-hybridized carbons (Fsp3) is 0.250. The van der Waals surface area contributed by atoms with Gasteiger partial charge in [0, 0.05) is 37.2 Å². The lowest BCUT2D eigenvalue weighted by atomic mass is 10.2. The summed E-state index contributed by atoms with van der Waals surface area (Å²) >= 11 is 0. The lowest BCUT2D eigenvalue weighted by Gasteiger charge is -2.18. The van der Waals surface area contributed by atoms with Crippen LogP contribution in [0, 0.1) is 0 Å². The molecule has 1 heterocycles. The zero-order valence-corrected chi connectivity index (χ0v) is 8.77. The summed E-state index contributed by atoms with van der Waals surface area (Å²) in [6.07, 6.45) is 9.38. The highest BCUT2D eigenvalue weighted by atomic mass is 15.1. The van der Waals surface area contributed by atoms with Gasteiger partial charge in [-0.15, -0.1) is 0 Å². The third-order valence-electron chi connectivity index (χ3n) is 2.13. The summed E-state index contributed by atoms with van der Waals surface area (Å²) in [7, 11) is 2.07. The van der Waals surface area contributed by atoms with Crippen LogP contribution in [-0.4, -0.2) is 18.6 Å². The summed E-state index contributed by atoms with van der Waals surface area (Å²) in [5.74, 6) is 0. The largest absolute Gasteiger partial charge is 0.374 e. The maximum atomic E-state index is 4.10. The van der Waals surface area contributed by atoms with Gasteiger partial charge in [-0.2, -0.15) is 0 Å². The molecular formula is C12H16N2. The van der Waals surface area contributed by atoms with Gasteiger partial charge in [-0.05, 0) is 13.0 Å². The third kappa shape index (κ3) is 2.46. The number of allylic oxidation sites excluding steroid dienone is 2. The fourth-order valence-electron chi connectivity index (χ4n) is 1.22. The average molecular weight is 188 g/mol. The molecule has 1 aromatic rings. The van der Waals surface area contributed by atoms with E-state index in [0.717, 1.165) is 12.1 Å². The molecular weight excluding hydrogens is 172 g/mol.